The van der Waals surface area contributed by atoms with E-state index < -0.39 is 5.54 Å². The Balaban J connectivity index is 2.45. The van der Waals surface area contributed by atoms with E-state index in [1.807, 2.05) is 31.2 Å². The highest BCUT2D eigenvalue weighted by Crippen LogP contribution is 2.41. The molecule has 0 aliphatic heterocycles. The minimum Gasteiger partial charge on any atom is -0.490 e. The Morgan fingerprint density at radius 3 is 2.45 bits per heavy atom. The van der Waals surface area contributed by atoms with Gasteiger partial charge in [-0.15, -0.1) is 0 Å². The number of carbonyl (C=O) groups is 1. The largest absolute Gasteiger partial charge is 0.490 e. The van der Waals surface area contributed by atoms with Gasteiger partial charge in [0.15, 0.2) is 0 Å². The van der Waals surface area contributed by atoms with Crippen LogP contribution < -0.4 is 10.1 Å². The first-order chi connectivity index (χ1) is 15.6. The average Bonchev–Trinajstić information content (AvgIpc) is 2.80. The van der Waals surface area contributed by atoms with Gasteiger partial charge in [0.1, 0.15) is 29.2 Å². The van der Waals surface area contributed by atoms with Crippen LogP contribution in [0, 0.1) is 24.7 Å². The molecule has 1 saturated carbocycles. The smallest absolute Gasteiger partial charge is 0.150 e. The predicted molar refractivity (Wildman–Crippen MR) is 141 cm³/mol. The monoisotopic (exact) mass is 471 g/mol. The quantitative estimate of drug-likeness (QED) is 0.177. The van der Waals surface area contributed by atoms with Crippen LogP contribution in [0.25, 0.3) is 0 Å². The van der Waals surface area contributed by atoms with E-state index in [0.717, 1.165) is 54.4 Å². The summed E-state index contributed by atoms with van der Waals surface area (Å²) in [6.45, 7) is 15.1. The minimum atomic E-state index is -0.940. The number of allylic oxidation sites excluding steroid dienone is 1. The van der Waals surface area contributed by atoms with Crippen LogP contribution in [0.4, 0.5) is 0 Å². The third kappa shape index (κ3) is 7.00. The van der Waals surface area contributed by atoms with Crippen molar-refractivity contribution in [1.29, 1.82) is 0 Å². The molecular formula is C28H41NO3S. The number of hydrogen-bond acceptors (Lipinski definition) is 4. The van der Waals surface area contributed by atoms with Crippen LogP contribution in [0.5, 0.6) is 5.75 Å². The van der Waals surface area contributed by atoms with E-state index in [1.54, 1.807) is 7.11 Å². The standard InChI is InChI=1S/C28H41NO3S/c1-19(2)9-8-16-32-25-13-10-21(5)26(17-25)28(18-30,29-27(33)22(6)20(3)4)23-11-14-24(31-7)15-12-23/h8-10,13,17-20,23-24H,6,11-12,14-16H2,1-5,7H3,(H,29,33)/b9-8+. The number of thiocarbonyl (C=S) groups is 1. The number of carbonyl (C=O) groups excluding carboxylic acids is 1. The summed E-state index contributed by atoms with van der Waals surface area (Å²) in [7, 11) is 1.76. The third-order valence-corrected chi connectivity index (χ3v) is 7.03. The lowest BCUT2D eigenvalue weighted by atomic mass is 9.70. The maximum absolute atomic E-state index is 13.0. The zero-order valence-electron chi connectivity index (χ0n) is 21.1. The van der Waals surface area contributed by atoms with Crippen molar-refractivity contribution in [3.63, 3.8) is 0 Å². The number of benzene rings is 1. The van der Waals surface area contributed by atoms with Crippen molar-refractivity contribution in [1.82, 2.24) is 5.32 Å². The van der Waals surface area contributed by atoms with E-state index in [1.165, 1.54) is 0 Å². The fraction of sp³-hybridized carbons (Fsp3) is 0.571. The molecule has 0 radical (unpaired) electrons. The highest BCUT2D eigenvalue weighted by molar-refractivity contribution is 7.80. The maximum Gasteiger partial charge on any atom is 0.150 e. The second-order valence-electron chi connectivity index (χ2n) is 9.79. The lowest BCUT2D eigenvalue weighted by molar-refractivity contribution is -0.116. The topological polar surface area (TPSA) is 47.6 Å². The van der Waals surface area contributed by atoms with Crippen LogP contribution in [0.2, 0.25) is 0 Å². The van der Waals surface area contributed by atoms with Crippen LogP contribution in [0.3, 0.4) is 0 Å². The molecule has 0 aromatic heterocycles. The summed E-state index contributed by atoms with van der Waals surface area (Å²) < 4.78 is 11.6. The van der Waals surface area contributed by atoms with Crippen molar-refractivity contribution in [2.24, 2.45) is 17.8 Å². The molecule has 0 amide bonds. The number of rotatable bonds is 11. The molecule has 1 fully saturated rings. The Morgan fingerprint density at radius 1 is 1.24 bits per heavy atom. The molecule has 1 aliphatic rings. The zero-order chi connectivity index (χ0) is 24.6. The molecule has 1 N–H and O–H groups in total. The Morgan fingerprint density at radius 2 is 1.91 bits per heavy atom. The van der Waals surface area contributed by atoms with Gasteiger partial charge in [-0.25, -0.2) is 0 Å². The number of methoxy groups -OCH3 is 1. The van der Waals surface area contributed by atoms with Crippen molar-refractivity contribution < 1.29 is 14.3 Å². The zero-order valence-corrected chi connectivity index (χ0v) is 22.0. The van der Waals surface area contributed by atoms with E-state index in [9.17, 15) is 4.79 Å². The summed E-state index contributed by atoms with van der Waals surface area (Å²) in [5.41, 5.74) is 1.85. The molecule has 1 aromatic rings. The van der Waals surface area contributed by atoms with E-state index in [0.29, 0.717) is 17.5 Å². The Hall–Kier alpha value is -1.98. The highest BCUT2D eigenvalue weighted by atomic mass is 32.1. The lowest BCUT2D eigenvalue weighted by Crippen LogP contribution is -2.54. The molecule has 182 valence electrons. The highest BCUT2D eigenvalue weighted by Gasteiger charge is 2.44. The Kier molecular flexibility index (Phi) is 10.3. The normalized spacial score (nSPS) is 20.6. The van der Waals surface area contributed by atoms with Crippen molar-refractivity contribution in [3.05, 3.63) is 53.6 Å². The molecule has 1 aromatic carbocycles. The second-order valence-corrected chi connectivity index (χ2v) is 10.2. The summed E-state index contributed by atoms with van der Waals surface area (Å²) >= 11 is 5.73. The van der Waals surface area contributed by atoms with Crippen molar-refractivity contribution in [3.8, 4) is 5.75 Å². The van der Waals surface area contributed by atoms with Gasteiger partial charge in [-0.3, -0.25) is 0 Å². The molecule has 5 heteroatoms. The number of aryl methyl sites for hydroxylation is 1. The van der Waals surface area contributed by atoms with Crippen molar-refractivity contribution in [2.75, 3.05) is 13.7 Å². The van der Waals surface area contributed by atoms with Gasteiger partial charge in [-0.05, 0) is 79.2 Å². The molecule has 1 unspecified atom stereocenters. The van der Waals surface area contributed by atoms with Gasteiger partial charge in [-0.2, -0.15) is 0 Å². The molecule has 0 spiro atoms. The van der Waals surface area contributed by atoms with E-state index in [-0.39, 0.29) is 17.9 Å². The fourth-order valence-corrected chi connectivity index (χ4v) is 4.88. The van der Waals surface area contributed by atoms with Gasteiger partial charge in [0.2, 0.25) is 0 Å². The fourth-order valence-electron chi connectivity index (χ4n) is 4.47. The van der Waals surface area contributed by atoms with Gasteiger partial charge in [0.05, 0.1) is 6.10 Å². The first-order valence-electron chi connectivity index (χ1n) is 12.1. The predicted octanol–water partition coefficient (Wildman–Crippen LogP) is 6.31. The molecule has 4 nitrogen and oxygen atoms in total. The van der Waals surface area contributed by atoms with E-state index in [4.69, 9.17) is 21.7 Å². The third-order valence-electron chi connectivity index (χ3n) is 6.67. The van der Waals surface area contributed by atoms with Crippen molar-refractivity contribution in [2.45, 2.75) is 71.9 Å². The molecule has 1 atom stereocenters. The van der Waals surface area contributed by atoms with Gasteiger partial charge in [0, 0.05) is 7.11 Å². The number of nitrogens with one attached hydrogen (secondary N) is 1. The van der Waals surface area contributed by atoms with Crippen LogP contribution in [0.1, 0.15) is 64.5 Å². The van der Waals surface area contributed by atoms with Gasteiger partial charge < -0.3 is 19.6 Å². The number of aldehydes is 1. The van der Waals surface area contributed by atoms with Crippen LogP contribution in [-0.4, -0.2) is 31.1 Å². The molecule has 33 heavy (non-hydrogen) atoms. The van der Waals surface area contributed by atoms with Gasteiger partial charge >= 0.3 is 0 Å². The molecule has 0 bridgehead atoms. The van der Waals surface area contributed by atoms with E-state index >= 15 is 0 Å². The summed E-state index contributed by atoms with van der Waals surface area (Å²) in [6, 6.07) is 5.99. The maximum atomic E-state index is 13.0. The molecular weight excluding hydrogens is 430 g/mol. The molecule has 0 heterocycles. The average molecular weight is 472 g/mol. The van der Waals surface area contributed by atoms with Crippen LogP contribution in [-0.2, 0) is 15.1 Å². The summed E-state index contributed by atoms with van der Waals surface area (Å²) in [5, 5.41) is 3.48. The molecule has 0 saturated heterocycles. The Labute approximate surface area is 205 Å². The summed E-state index contributed by atoms with van der Waals surface area (Å²) in [4.78, 5) is 13.5. The van der Waals surface area contributed by atoms with Gasteiger partial charge in [-0.1, -0.05) is 64.7 Å². The first kappa shape index (κ1) is 27.3. The van der Waals surface area contributed by atoms with E-state index in [2.05, 4.69) is 45.7 Å². The Bertz CT molecular complexity index is 853. The van der Waals surface area contributed by atoms with Crippen molar-refractivity contribution >= 4 is 23.5 Å². The first-order valence-corrected chi connectivity index (χ1v) is 12.5. The number of ether oxygens (including phenoxy) is 2. The lowest BCUT2D eigenvalue weighted by Gasteiger charge is -2.43. The van der Waals surface area contributed by atoms with Crippen LogP contribution in [0.15, 0.2) is 42.5 Å². The SMILES string of the molecule is C=C(C(=S)NC(C=O)(c1cc(OC/C=C/C(C)C)ccc1C)C1CCC(OC)CC1)C(C)C. The minimum absolute atomic E-state index is 0.0918. The number of hydrogen-bond donors (Lipinski definition) is 1. The van der Waals surface area contributed by atoms with Gasteiger partial charge in [0.25, 0.3) is 0 Å². The molecule has 1 aliphatic carbocycles. The molecule has 2 rings (SSSR count). The van der Waals surface area contributed by atoms with Crippen LogP contribution >= 0.6 is 12.2 Å². The second kappa shape index (κ2) is 12.5. The summed E-state index contributed by atoms with van der Waals surface area (Å²) in [6.07, 6.45) is 9.05. The summed E-state index contributed by atoms with van der Waals surface area (Å²) in [5.74, 6) is 1.51.